The molecule has 2 atom stereocenters. The van der Waals surface area contributed by atoms with Crippen molar-refractivity contribution in [2.24, 2.45) is 0 Å². The summed E-state index contributed by atoms with van der Waals surface area (Å²) in [5.74, 6) is -0.454. The largest absolute Gasteiger partial charge is 0.394 e. The van der Waals surface area contributed by atoms with Gasteiger partial charge in [0.15, 0.2) is 5.79 Å². The Labute approximate surface area is 77.8 Å². The van der Waals surface area contributed by atoms with Crippen molar-refractivity contribution in [3.8, 4) is 0 Å². The molecular formula is C9H16O4. The molecule has 1 spiro atoms. The summed E-state index contributed by atoms with van der Waals surface area (Å²) in [4.78, 5) is 0. The Bertz CT molecular complexity index is 163. The Morgan fingerprint density at radius 1 is 1.31 bits per heavy atom. The highest BCUT2D eigenvalue weighted by Gasteiger charge is 2.41. The third kappa shape index (κ3) is 2.02. The summed E-state index contributed by atoms with van der Waals surface area (Å²) in [5, 5.41) is 8.91. The van der Waals surface area contributed by atoms with Crippen LogP contribution in [0.2, 0.25) is 0 Å². The molecule has 0 aliphatic carbocycles. The van der Waals surface area contributed by atoms with Gasteiger partial charge in [-0.1, -0.05) is 0 Å². The lowest BCUT2D eigenvalue weighted by atomic mass is 10.1. The topological polar surface area (TPSA) is 47.9 Å². The second-order valence-electron chi connectivity index (χ2n) is 3.61. The summed E-state index contributed by atoms with van der Waals surface area (Å²) in [6.45, 7) is 2.04. The van der Waals surface area contributed by atoms with Gasteiger partial charge in [-0.3, -0.25) is 0 Å². The maximum atomic E-state index is 8.91. The molecule has 2 heterocycles. The average molecular weight is 188 g/mol. The molecule has 0 aromatic rings. The number of hydrogen-bond acceptors (Lipinski definition) is 4. The minimum absolute atomic E-state index is 0.0443. The maximum absolute atomic E-state index is 8.91. The van der Waals surface area contributed by atoms with E-state index in [1.807, 2.05) is 0 Å². The second-order valence-corrected chi connectivity index (χ2v) is 3.61. The molecule has 0 amide bonds. The number of aliphatic hydroxyl groups excluding tert-OH is 1. The molecule has 4 nitrogen and oxygen atoms in total. The van der Waals surface area contributed by atoms with Gasteiger partial charge in [-0.25, -0.2) is 0 Å². The van der Waals surface area contributed by atoms with E-state index in [1.54, 1.807) is 0 Å². The van der Waals surface area contributed by atoms with Crippen LogP contribution in [-0.2, 0) is 14.2 Å². The van der Waals surface area contributed by atoms with Crippen molar-refractivity contribution in [1.82, 2.24) is 0 Å². The van der Waals surface area contributed by atoms with Gasteiger partial charge in [0.25, 0.3) is 0 Å². The van der Waals surface area contributed by atoms with Gasteiger partial charge in [0, 0.05) is 19.4 Å². The second kappa shape index (κ2) is 3.92. The number of ether oxygens (including phenoxy) is 3. The number of aliphatic hydroxyl groups is 1. The van der Waals surface area contributed by atoms with E-state index in [2.05, 4.69) is 0 Å². The van der Waals surface area contributed by atoms with Crippen LogP contribution in [0.15, 0.2) is 0 Å². The first-order valence-electron chi connectivity index (χ1n) is 4.85. The Morgan fingerprint density at radius 3 is 3.00 bits per heavy atom. The third-order valence-corrected chi connectivity index (χ3v) is 2.59. The molecular weight excluding hydrogens is 172 g/mol. The van der Waals surface area contributed by atoms with Gasteiger partial charge in [-0.15, -0.1) is 0 Å². The van der Waals surface area contributed by atoms with E-state index in [0.29, 0.717) is 13.2 Å². The minimum Gasteiger partial charge on any atom is -0.394 e. The molecule has 2 rings (SSSR count). The monoisotopic (exact) mass is 188 g/mol. The Kier molecular flexibility index (Phi) is 2.83. The Hall–Kier alpha value is -0.160. The van der Waals surface area contributed by atoms with E-state index >= 15 is 0 Å². The van der Waals surface area contributed by atoms with Crippen molar-refractivity contribution in [2.75, 3.05) is 26.4 Å². The van der Waals surface area contributed by atoms with Crippen molar-refractivity contribution in [1.29, 1.82) is 0 Å². The smallest absolute Gasteiger partial charge is 0.171 e. The van der Waals surface area contributed by atoms with Crippen LogP contribution in [0.25, 0.3) is 0 Å². The van der Waals surface area contributed by atoms with Gasteiger partial charge in [0.05, 0.1) is 19.8 Å². The summed E-state index contributed by atoms with van der Waals surface area (Å²) in [5.41, 5.74) is 0. The van der Waals surface area contributed by atoms with Crippen molar-refractivity contribution in [2.45, 2.75) is 31.2 Å². The summed E-state index contributed by atoms with van der Waals surface area (Å²) < 4.78 is 16.6. The molecule has 0 saturated carbocycles. The molecule has 2 saturated heterocycles. The fourth-order valence-corrected chi connectivity index (χ4v) is 1.87. The van der Waals surface area contributed by atoms with E-state index in [0.717, 1.165) is 25.9 Å². The lowest BCUT2D eigenvalue weighted by molar-refractivity contribution is -0.179. The zero-order chi connectivity index (χ0) is 9.15. The lowest BCUT2D eigenvalue weighted by Gasteiger charge is -2.25. The fourth-order valence-electron chi connectivity index (χ4n) is 1.87. The van der Waals surface area contributed by atoms with E-state index in [4.69, 9.17) is 19.3 Å². The molecule has 0 aromatic carbocycles. The van der Waals surface area contributed by atoms with E-state index in [1.165, 1.54) is 0 Å². The summed E-state index contributed by atoms with van der Waals surface area (Å²) in [6.07, 6.45) is 2.49. The molecule has 2 aliphatic heterocycles. The Balaban J connectivity index is 1.95. The zero-order valence-corrected chi connectivity index (χ0v) is 7.70. The van der Waals surface area contributed by atoms with E-state index < -0.39 is 5.79 Å². The van der Waals surface area contributed by atoms with Crippen LogP contribution in [0.4, 0.5) is 0 Å². The highest BCUT2D eigenvalue weighted by Crippen LogP contribution is 2.33. The van der Waals surface area contributed by atoms with Gasteiger partial charge in [0.1, 0.15) is 6.10 Å². The molecule has 0 bridgehead atoms. The van der Waals surface area contributed by atoms with Crippen LogP contribution in [0.3, 0.4) is 0 Å². The first-order chi connectivity index (χ1) is 6.35. The van der Waals surface area contributed by atoms with Crippen LogP contribution in [0.1, 0.15) is 19.3 Å². The quantitative estimate of drug-likeness (QED) is 0.642. The highest BCUT2D eigenvalue weighted by molar-refractivity contribution is 4.80. The highest BCUT2D eigenvalue weighted by atomic mass is 16.7. The molecule has 2 unspecified atom stereocenters. The molecule has 0 radical (unpaired) electrons. The van der Waals surface area contributed by atoms with Crippen molar-refractivity contribution in [3.63, 3.8) is 0 Å². The average Bonchev–Trinajstić information content (AvgIpc) is 2.40. The maximum Gasteiger partial charge on any atom is 0.171 e. The van der Waals surface area contributed by atoms with E-state index in [9.17, 15) is 0 Å². The Morgan fingerprint density at radius 2 is 2.23 bits per heavy atom. The first-order valence-corrected chi connectivity index (χ1v) is 4.85. The molecule has 0 aromatic heterocycles. The van der Waals surface area contributed by atoms with Gasteiger partial charge in [0.2, 0.25) is 0 Å². The first kappa shape index (κ1) is 9.40. The third-order valence-electron chi connectivity index (χ3n) is 2.59. The lowest BCUT2D eigenvalue weighted by Crippen LogP contribution is -2.31. The predicted octanol–water partition coefficient (Wildman–Crippen LogP) is 0.291. The van der Waals surface area contributed by atoms with Crippen molar-refractivity contribution < 1.29 is 19.3 Å². The van der Waals surface area contributed by atoms with Crippen LogP contribution in [-0.4, -0.2) is 43.4 Å². The fraction of sp³-hybridized carbons (Fsp3) is 1.00. The molecule has 2 aliphatic rings. The molecule has 2 fully saturated rings. The van der Waals surface area contributed by atoms with Gasteiger partial charge in [-0.2, -0.15) is 0 Å². The van der Waals surface area contributed by atoms with Gasteiger partial charge in [-0.05, 0) is 6.42 Å². The number of rotatable bonds is 1. The molecule has 76 valence electrons. The normalized spacial score (nSPS) is 40.8. The van der Waals surface area contributed by atoms with Gasteiger partial charge < -0.3 is 19.3 Å². The molecule has 4 heteroatoms. The van der Waals surface area contributed by atoms with Crippen LogP contribution in [0.5, 0.6) is 0 Å². The summed E-state index contributed by atoms with van der Waals surface area (Å²) in [7, 11) is 0. The van der Waals surface area contributed by atoms with Crippen molar-refractivity contribution >= 4 is 0 Å². The predicted molar refractivity (Wildman–Crippen MR) is 45.3 cm³/mol. The van der Waals surface area contributed by atoms with Crippen LogP contribution >= 0.6 is 0 Å². The van der Waals surface area contributed by atoms with Crippen LogP contribution < -0.4 is 0 Å². The van der Waals surface area contributed by atoms with E-state index in [-0.39, 0.29) is 12.7 Å². The minimum atomic E-state index is -0.454. The number of hydrogen-bond donors (Lipinski definition) is 1. The molecule has 1 N–H and O–H groups in total. The summed E-state index contributed by atoms with van der Waals surface area (Å²) in [6, 6.07) is 0. The standard InChI is InChI=1S/C9H16O4/c10-6-8-7-12-9(13-8)2-1-4-11-5-3-9/h8,10H,1-7H2. The summed E-state index contributed by atoms with van der Waals surface area (Å²) >= 11 is 0. The SMILES string of the molecule is OCC1COC2(CCCOCC2)O1. The molecule has 13 heavy (non-hydrogen) atoms. The van der Waals surface area contributed by atoms with Crippen LogP contribution in [0, 0.1) is 0 Å². The van der Waals surface area contributed by atoms with Gasteiger partial charge >= 0.3 is 0 Å². The zero-order valence-electron chi connectivity index (χ0n) is 7.70. The van der Waals surface area contributed by atoms with Crippen molar-refractivity contribution in [3.05, 3.63) is 0 Å².